The van der Waals surface area contributed by atoms with Gasteiger partial charge in [-0.1, -0.05) is 0 Å². The van der Waals surface area contributed by atoms with Crippen molar-refractivity contribution >= 4 is 33.6 Å². The lowest BCUT2D eigenvalue weighted by molar-refractivity contribution is 0.0816. The van der Waals surface area contributed by atoms with Crippen molar-refractivity contribution in [3.63, 3.8) is 0 Å². The van der Waals surface area contributed by atoms with Crippen LogP contribution in [0.4, 0.5) is 5.13 Å². The number of ketones is 1. The molecule has 0 saturated carbocycles. The van der Waals surface area contributed by atoms with E-state index in [0.29, 0.717) is 5.78 Å². The largest absolute Gasteiger partial charge is 0.378 e. The predicted molar refractivity (Wildman–Crippen MR) is 107 cm³/mol. The third-order valence-corrected chi connectivity index (χ3v) is 7.24. The maximum absolute atomic E-state index is 12.8. The number of aromatic nitrogens is 1. The summed E-state index contributed by atoms with van der Waals surface area (Å²) >= 11 is 3.36. The van der Waals surface area contributed by atoms with E-state index in [1.54, 1.807) is 22.7 Å². The Kier molecular flexibility index (Phi) is 5.69. The van der Waals surface area contributed by atoms with E-state index in [-0.39, 0.29) is 5.92 Å². The first-order valence-corrected chi connectivity index (χ1v) is 11.0. The van der Waals surface area contributed by atoms with Gasteiger partial charge >= 0.3 is 0 Å². The Morgan fingerprint density at radius 1 is 1.35 bits per heavy atom. The van der Waals surface area contributed by atoms with Crippen molar-refractivity contribution < 1.29 is 9.53 Å². The van der Waals surface area contributed by atoms with Gasteiger partial charge in [-0.3, -0.25) is 9.69 Å². The number of carbonyl (C=O) groups excluding carboxylic acids is 1. The Labute approximate surface area is 162 Å². The molecule has 0 bridgehead atoms. The number of piperidine rings is 1. The van der Waals surface area contributed by atoms with Gasteiger partial charge in [0.2, 0.25) is 0 Å². The number of aryl methyl sites for hydroxylation is 1. The molecule has 0 radical (unpaired) electrons. The molecule has 0 aromatic carbocycles. The number of ether oxygens (including phenoxy) is 1. The monoisotopic (exact) mass is 391 g/mol. The summed E-state index contributed by atoms with van der Waals surface area (Å²) in [5, 5.41) is 3.12. The fraction of sp³-hybridized carbons (Fsp3) is 0.579. The molecular weight excluding hydrogens is 366 g/mol. The standard InChI is InChI=1S/C19H25N3O2S2/c1-14-4-10-25-18(14)17(23)15-3-2-5-21(12-15)13-16-11-20-19(26-16)22-6-8-24-9-7-22/h4,10-11,15H,2-3,5-9,12-13H2,1H3/t15-/m1/s1. The van der Waals surface area contributed by atoms with E-state index < -0.39 is 0 Å². The van der Waals surface area contributed by atoms with Gasteiger partial charge in [0.15, 0.2) is 10.9 Å². The van der Waals surface area contributed by atoms with Crippen LogP contribution in [0, 0.1) is 12.8 Å². The smallest absolute Gasteiger partial charge is 0.185 e. The van der Waals surface area contributed by atoms with Gasteiger partial charge < -0.3 is 9.64 Å². The Morgan fingerprint density at radius 2 is 2.19 bits per heavy atom. The maximum atomic E-state index is 12.8. The normalized spacial score (nSPS) is 21.9. The highest BCUT2D eigenvalue weighted by Gasteiger charge is 2.28. The first-order chi connectivity index (χ1) is 12.7. The third kappa shape index (κ3) is 4.01. The summed E-state index contributed by atoms with van der Waals surface area (Å²) in [4.78, 5) is 24.4. The number of hydrogen-bond donors (Lipinski definition) is 0. The van der Waals surface area contributed by atoms with Crippen LogP contribution in [0.1, 0.15) is 33.0 Å². The van der Waals surface area contributed by atoms with Crippen LogP contribution < -0.4 is 4.90 Å². The molecule has 2 aliphatic heterocycles. The van der Waals surface area contributed by atoms with Gasteiger partial charge in [0, 0.05) is 43.2 Å². The van der Waals surface area contributed by atoms with E-state index in [9.17, 15) is 4.79 Å². The summed E-state index contributed by atoms with van der Waals surface area (Å²) in [6.07, 6.45) is 4.11. The van der Waals surface area contributed by atoms with Crippen LogP contribution in [-0.2, 0) is 11.3 Å². The number of hydrogen-bond acceptors (Lipinski definition) is 7. The highest BCUT2D eigenvalue weighted by Crippen LogP contribution is 2.28. The lowest BCUT2D eigenvalue weighted by atomic mass is 9.92. The number of thiophene rings is 1. The highest BCUT2D eigenvalue weighted by atomic mass is 32.1. The zero-order valence-electron chi connectivity index (χ0n) is 15.1. The number of Topliss-reactive ketones (excluding diaryl/α,β-unsaturated/α-hetero) is 1. The van der Waals surface area contributed by atoms with Gasteiger partial charge in [-0.25, -0.2) is 4.98 Å². The zero-order chi connectivity index (χ0) is 17.9. The van der Waals surface area contributed by atoms with Gasteiger partial charge in [-0.2, -0.15) is 0 Å². The van der Waals surface area contributed by atoms with E-state index in [1.165, 1.54) is 4.88 Å². The number of anilines is 1. The van der Waals surface area contributed by atoms with Crippen molar-refractivity contribution in [1.82, 2.24) is 9.88 Å². The number of likely N-dealkylation sites (tertiary alicyclic amines) is 1. The average Bonchev–Trinajstić information content (AvgIpc) is 3.31. The number of thiazole rings is 1. The van der Waals surface area contributed by atoms with E-state index >= 15 is 0 Å². The molecule has 2 fully saturated rings. The van der Waals surface area contributed by atoms with Crippen molar-refractivity contribution in [3.8, 4) is 0 Å². The van der Waals surface area contributed by atoms with Crippen LogP contribution in [-0.4, -0.2) is 55.1 Å². The average molecular weight is 392 g/mol. The number of carbonyl (C=O) groups is 1. The number of morpholine rings is 1. The van der Waals surface area contributed by atoms with Gasteiger partial charge in [0.25, 0.3) is 0 Å². The topological polar surface area (TPSA) is 45.7 Å². The lowest BCUT2D eigenvalue weighted by Gasteiger charge is -2.31. The second-order valence-corrected chi connectivity index (χ2v) is 9.09. The van der Waals surface area contributed by atoms with E-state index in [0.717, 1.165) is 74.4 Å². The first kappa shape index (κ1) is 18.1. The van der Waals surface area contributed by atoms with Crippen molar-refractivity contribution in [1.29, 1.82) is 0 Å². The number of rotatable bonds is 5. The van der Waals surface area contributed by atoms with E-state index in [4.69, 9.17) is 4.74 Å². The molecular formula is C19H25N3O2S2. The SMILES string of the molecule is Cc1ccsc1C(=O)[C@@H]1CCCN(Cc2cnc(N3CCOCC3)s2)C1. The molecule has 0 spiro atoms. The minimum atomic E-state index is 0.132. The Hall–Kier alpha value is -1.28. The second-order valence-electron chi connectivity index (χ2n) is 7.08. The quantitative estimate of drug-likeness (QED) is 0.731. The minimum absolute atomic E-state index is 0.132. The molecule has 4 rings (SSSR count). The molecule has 2 aromatic heterocycles. The molecule has 5 nitrogen and oxygen atoms in total. The fourth-order valence-electron chi connectivity index (χ4n) is 3.72. The summed E-state index contributed by atoms with van der Waals surface area (Å²) in [6.45, 7) is 8.28. The van der Waals surface area contributed by atoms with Crippen molar-refractivity contribution in [2.24, 2.45) is 5.92 Å². The molecule has 7 heteroatoms. The molecule has 0 aliphatic carbocycles. The molecule has 2 aliphatic rings. The summed E-state index contributed by atoms with van der Waals surface area (Å²) in [5.74, 6) is 0.466. The van der Waals surface area contributed by atoms with Crippen LogP contribution >= 0.6 is 22.7 Å². The van der Waals surface area contributed by atoms with Crippen LogP contribution in [0.5, 0.6) is 0 Å². The van der Waals surface area contributed by atoms with Gasteiger partial charge in [-0.05, 0) is 43.3 Å². The first-order valence-electron chi connectivity index (χ1n) is 9.29. The van der Waals surface area contributed by atoms with Crippen LogP contribution in [0.15, 0.2) is 17.6 Å². The molecule has 0 amide bonds. The van der Waals surface area contributed by atoms with Crippen molar-refractivity contribution in [2.75, 3.05) is 44.3 Å². The maximum Gasteiger partial charge on any atom is 0.185 e. The Morgan fingerprint density at radius 3 is 2.96 bits per heavy atom. The molecule has 2 aromatic rings. The molecule has 0 unspecified atom stereocenters. The van der Waals surface area contributed by atoms with Crippen LogP contribution in [0.3, 0.4) is 0 Å². The summed E-state index contributed by atoms with van der Waals surface area (Å²) < 4.78 is 5.42. The minimum Gasteiger partial charge on any atom is -0.378 e. The van der Waals surface area contributed by atoms with Crippen LogP contribution in [0.25, 0.3) is 0 Å². The second kappa shape index (κ2) is 8.17. The van der Waals surface area contributed by atoms with Gasteiger partial charge in [0.1, 0.15) is 0 Å². The van der Waals surface area contributed by atoms with Crippen molar-refractivity contribution in [2.45, 2.75) is 26.3 Å². The van der Waals surface area contributed by atoms with E-state index in [1.807, 2.05) is 24.6 Å². The van der Waals surface area contributed by atoms with E-state index in [2.05, 4.69) is 14.8 Å². The lowest BCUT2D eigenvalue weighted by Crippen LogP contribution is -2.38. The molecule has 140 valence electrons. The molecule has 1 atom stereocenters. The summed E-state index contributed by atoms with van der Waals surface area (Å²) in [5.41, 5.74) is 1.12. The van der Waals surface area contributed by atoms with Crippen molar-refractivity contribution in [3.05, 3.63) is 33.0 Å². The molecule has 0 N–H and O–H groups in total. The number of nitrogens with zero attached hydrogens (tertiary/aromatic N) is 3. The molecule has 4 heterocycles. The van der Waals surface area contributed by atoms with Crippen LogP contribution in [0.2, 0.25) is 0 Å². The highest BCUT2D eigenvalue weighted by molar-refractivity contribution is 7.15. The fourth-order valence-corrected chi connectivity index (χ4v) is 5.66. The zero-order valence-corrected chi connectivity index (χ0v) is 16.8. The molecule has 26 heavy (non-hydrogen) atoms. The van der Waals surface area contributed by atoms with Gasteiger partial charge in [-0.15, -0.1) is 22.7 Å². The summed E-state index contributed by atoms with van der Waals surface area (Å²) in [6, 6.07) is 2.04. The summed E-state index contributed by atoms with van der Waals surface area (Å²) in [7, 11) is 0. The van der Waals surface area contributed by atoms with Gasteiger partial charge in [0.05, 0.1) is 18.1 Å². The molecule has 2 saturated heterocycles. The Bertz CT molecular complexity index is 752. The Balaban J connectivity index is 1.37. The third-order valence-electron chi connectivity index (χ3n) is 5.16. The predicted octanol–water partition coefficient (Wildman–Crippen LogP) is 3.44.